The maximum absolute atomic E-state index is 11.6. The quantitative estimate of drug-likeness (QED) is 0.683. The first-order valence-electron chi connectivity index (χ1n) is 6.18. The summed E-state index contributed by atoms with van der Waals surface area (Å²) in [5, 5.41) is 11.7. The van der Waals surface area contributed by atoms with Gasteiger partial charge < -0.3 is 5.11 Å². The van der Waals surface area contributed by atoms with E-state index in [4.69, 9.17) is 0 Å². The van der Waals surface area contributed by atoms with Gasteiger partial charge in [-0.1, -0.05) is 13.8 Å². The molecule has 2 rings (SSSR count). The first-order chi connectivity index (χ1) is 8.36. The van der Waals surface area contributed by atoms with Crippen LogP contribution in [0.4, 0.5) is 0 Å². The Kier molecular flexibility index (Phi) is 3.14. The summed E-state index contributed by atoms with van der Waals surface area (Å²) in [6.45, 7) is 4.66. The molecular weight excluding hydrogens is 236 g/mol. The topological polar surface area (TPSA) is 86.7 Å². The van der Waals surface area contributed by atoms with Crippen molar-refractivity contribution in [3.8, 4) is 0 Å². The van der Waals surface area contributed by atoms with Crippen LogP contribution >= 0.6 is 0 Å². The second-order valence-corrected chi connectivity index (χ2v) is 5.47. The van der Waals surface area contributed by atoms with Crippen molar-refractivity contribution in [3.05, 3.63) is 0 Å². The van der Waals surface area contributed by atoms with Crippen LogP contribution in [0.5, 0.6) is 0 Å². The van der Waals surface area contributed by atoms with Gasteiger partial charge in [0, 0.05) is 13.1 Å². The Balaban J connectivity index is 2.14. The van der Waals surface area contributed by atoms with Crippen molar-refractivity contribution in [3.63, 3.8) is 0 Å². The van der Waals surface area contributed by atoms with Crippen molar-refractivity contribution in [2.75, 3.05) is 13.1 Å². The Bertz CT molecular complexity index is 407. The molecule has 0 saturated carbocycles. The maximum atomic E-state index is 11.6. The van der Waals surface area contributed by atoms with E-state index in [2.05, 4.69) is 5.32 Å². The molecule has 6 heteroatoms. The van der Waals surface area contributed by atoms with E-state index in [0.29, 0.717) is 19.5 Å². The lowest BCUT2D eigenvalue weighted by Gasteiger charge is -2.29. The summed E-state index contributed by atoms with van der Waals surface area (Å²) < 4.78 is 0. The molecular formula is C12H18N2O4. The minimum atomic E-state index is -0.815. The van der Waals surface area contributed by atoms with Gasteiger partial charge in [0.15, 0.2) is 0 Å². The lowest BCUT2D eigenvalue weighted by atomic mass is 9.76. The van der Waals surface area contributed by atoms with Crippen LogP contribution in [-0.2, 0) is 14.4 Å². The summed E-state index contributed by atoms with van der Waals surface area (Å²) in [5.41, 5.74) is -0.800. The Labute approximate surface area is 105 Å². The van der Waals surface area contributed by atoms with Crippen LogP contribution in [0.2, 0.25) is 0 Å². The number of amides is 2. The number of imide groups is 1. The fourth-order valence-electron chi connectivity index (χ4n) is 2.86. The summed E-state index contributed by atoms with van der Waals surface area (Å²) in [6.07, 6.45) is 0.671. The molecule has 2 aliphatic heterocycles. The molecule has 2 atom stereocenters. The molecule has 100 valence electrons. The van der Waals surface area contributed by atoms with Crippen LogP contribution in [0.25, 0.3) is 0 Å². The summed E-state index contributed by atoms with van der Waals surface area (Å²) in [7, 11) is 0. The zero-order valence-corrected chi connectivity index (χ0v) is 10.6. The highest BCUT2D eigenvalue weighted by molar-refractivity contribution is 6.05. The van der Waals surface area contributed by atoms with E-state index < -0.39 is 17.4 Å². The van der Waals surface area contributed by atoms with E-state index >= 15 is 0 Å². The third-order valence-corrected chi connectivity index (χ3v) is 4.25. The molecule has 0 aliphatic carbocycles. The summed E-state index contributed by atoms with van der Waals surface area (Å²) >= 11 is 0. The van der Waals surface area contributed by atoms with Crippen LogP contribution in [0.3, 0.4) is 0 Å². The Morgan fingerprint density at radius 3 is 2.56 bits per heavy atom. The molecule has 0 spiro atoms. The normalized spacial score (nSPS) is 33.2. The third kappa shape index (κ3) is 1.90. The molecule has 2 amide bonds. The molecule has 0 radical (unpaired) electrons. The zero-order valence-electron chi connectivity index (χ0n) is 10.6. The lowest BCUT2D eigenvalue weighted by molar-refractivity contribution is -0.151. The molecule has 2 heterocycles. The zero-order chi connectivity index (χ0) is 13.5. The molecule has 2 N–H and O–H groups in total. The second kappa shape index (κ2) is 4.35. The first kappa shape index (κ1) is 13.0. The molecule has 2 fully saturated rings. The fourth-order valence-corrected chi connectivity index (χ4v) is 2.86. The number of likely N-dealkylation sites (tertiary alicyclic amines) is 1. The fraction of sp³-hybridized carbons (Fsp3) is 0.750. The second-order valence-electron chi connectivity index (χ2n) is 5.47. The maximum Gasteiger partial charge on any atom is 0.311 e. The van der Waals surface area contributed by atoms with Crippen LogP contribution in [0.15, 0.2) is 0 Å². The SMILES string of the molecule is CC(C)C1(C(=O)O)CCN(C2CC(=O)NC2=O)C1. The average Bonchev–Trinajstić information content (AvgIpc) is 2.82. The Morgan fingerprint density at radius 2 is 2.17 bits per heavy atom. The van der Waals surface area contributed by atoms with Gasteiger partial charge in [-0.05, 0) is 12.3 Å². The minimum absolute atomic E-state index is 0.000154. The van der Waals surface area contributed by atoms with E-state index in [-0.39, 0.29) is 24.2 Å². The van der Waals surface area contributed by atoms with Crippen molar-refractivity contribution in [1.29, 1.82) is 0 Å². The standard InChI is InChI=1S/C12H18N2O4/c1-7(2)12(11(17)18)3-4-14(6-12)8-5-9(15)13-10(8)16/h7-8H,3-6H2,1-2H3,(H,17,18)(H,13,15,16). The van der Waals surface area contributed by atoms with E-state index in [1.54, 1.807) is 0 Å². The summed E-state index contributed by atoms with van der Waals surface area (Å²) in [4.78, 5) is 36.1. The minimum Gasteiger partial charge on any atom is -0.481 e. The molecule has 0 aromatic carbocycles. The number of aliphatic carboxylic acids is 1. The van der Waals surface area contributed by atoms with Gasteiger partial charge in [0.05, 0.1) is 17.9 Å². The molecule has 2 aliphatic rings. The number of nitrogens with one attached hydrogen (secondary N) is 1. The van der Waals surface area contributed by atoms with Gasteiger partial charge in [-0.2, -0.15) is 0 Å². The number of carboxylic acid groups (broad SMARTS) is 1. The van der Waals surface area contributed by atoms with E-state index in [1.165, 1.54) is 0 Å². The number of carboxylic acids is 1. The highest BCUT2D eigenvalue weighted by Gasteiger charge is 2.50. The molecule has 18 heavy (non-hydrogen) atoms. The molecule has 6 nitrogen and oxygen atoms in total. The highest BCUT2D eigenvalue weighted by atomic mass is 16.4. The number of carbonyl (C=O) groups excluding carboxylic acids is 2. The monoisotopic (exact) mass is 254 g/mol. The van der Waals surface area contributed by atoms with Gasteiger partial charge in [0.1, 0.15) is 0 Å². The Morgan fingerprint density at radius 1 is 1.50 bits per heavy atom. The first-order valence-corrected chi connectivity index (χ1v) is 6.18. The van der Waals surface area contributed by atoms with Gasteiger partial charge in [-0.15, -0.1) is 0 Å². The van der Waals surface area contributed by atoms with Crippen molar-refractivity contribution in [1.82, 2.24) is 10.2 Å². The van der Waals surface area contributed by atoms with Gasteiger partial charge in [0.2, 0.25) is 11.8 Å². The number of nitrogens with zero attached hydrogens (tertiary/aromatic N) is 1. The predicted molar refractivity (Wildman–Crippen MR) is 62.7 cm³/mol. The van der Waals surface area contributed by atoms with Crippen molar-refractivity contribution >= 4 is 17.8 Å². The van der Waals surface area contributed by atoms with Gasteiger partial charge >= 0.3 is 5.97 Å². The van der Waals surface area contributed by atoms with Crippen LogP contribution in [0.1, 0.15) is 26.7 Å². The molecule has 0 aromatic rings. The molecule has 0 aromatic heterocycles. The smallest absolute Gasteiger partial charge is 0.311 e. The van der Waals surface area contributed by atoms with Gasteiger partial charge in [-0.3, -0.25) is 24.6 Å². The van der Waals surface area contributed by atoms with Crippen molar-refractivity contribution in [2.24, 2.45) is 11.3 Å². The van der Waals surface area contributed by atoms with E-state index in [9.17, 15) is 19.5 Å². The molecule has 2 unspecified atom stereocenters. The number of carbonyl (C=O) groups is 3. The number of hydrogen-bond acceptors (Lipinski definition) is 4. The van der Waals surface area contributed by atoms with Crippen molar-refractivity contribution in [2.45, 2.75) is 32.7 Å². The summed E-state index contributed by atoms with van der Waals surface area (Å²) in [5.74, 6) is -1.39. The van der Waals surface area contributed by atoms with Crippen molar-refractivity contribution < 1.29 is 19.5 Å². The number of rotatable bonds is 3. The summed E-state index contributed by atoms with van der Waals surface area (Å²) in [6, 6.07) is -0.488. The number of hydrogen-bond donors (Lipinski definition) is 2. The predicted octanol–water partition coefficient (Wildman–Crippen LogP) is -0.166. The van der Waals surface area contributed by atoms with E-state index in [1.807, 2.05) is 18.7 Å². The third-order valence-electron chi connectivity index (χ3n) is 4.25. The van der Waals surface area contributed by atoms with Gasteiger partial charge in [0.25, 0.3) is 0 Å². The van der Waals surface area contributed by atoms with Crippen LogP contribution < -0.4 is 5.32 Å². The lowest BCUT2D eigenvalue weighted by Crippen LogP contribution is -2.44. The Hall–Kier alpha value is -1.43. The highest BCUT2D eigenvalue weighted by Crippen LogP contribution is 2.39. The average molecular weight is 254 g/mol. The largest absolute Gasteiger partial charge is 0.481 e. The van der Waals surface area contributed by atoms with Crippen LogP contribution in [-0.4, -0.2) is 46.9 Å². The van der Waals surface area contributed by atoms with E-state index in [0.717, 1.165) is 0 Å². The molecule has 2 saturated heterocycles. The van der Waals surface area contributed by atoms with Crippen LogP contribution in [0, 0.1) is 11.3 Å². The molecule has 0 bridgehead atoms. The van der Waals surface area contributed by atoms with Gasteiger partial charge in [-0.25, -0.2) is 0 Å².